The minimum Gasteiger partial charge on any atom is -0.495 e. The van der Waals surface area contributed by atoms with Gasteiger partial charge in [-0.25, -0.2) is 0 Å². The molecule has 4 nitrogen and oxygen atoms in total. The van der Waals surface area contributed by atoms with E-state index < -0.39 is 0 Å². The molecule has 2 heterocycles. The Balaban J connectivity index is 0.00000108. The number of fused-ring (bicyclic) bond motifs is 1. The lowest BCUT2D eigenvalue weighted by atomic mass is 10.1. The Morgan fingerprint density at radius 1 is 1.29 bits per heavy atom. The van der Waals surface area contributed by atoms with E-state index in [1.807, 2.05) is 6.07 Å². The second kappa shape index (κ2) is 4.37. The molecular weight excluding hydrogens is 238 g/mol. The maximum atomic E-state index is 5.96. The van der Waals surface area contributed by atoms with Gasteiger partial charge >= 0.3 is 0 Å². The third-order valence-corrected chi connectivity index (χ3v) is 2.97. The fraction of sp³-hybridized carbons (Fsp3) is 0.333. The monoisotopic (exact) mass is 251 g/mol. The van der Waals surface area contributed by atoms with Gasteiger partial charge in [-0.1, -0.05) is 0 Å². The quantitative estimate of drug-likeness (QED) is 0.891. The summed E-state index contributed by atoms with van der Waals surface area (Å²) < 4.78 is 5.13. The molecule has 90 valence electrons. The van der Waals surface area contributed by atoms with E-state index in [0.29, 0.717) is 5.92 Å². The van der Waals surface area contributed by atoms with Gasteiger partial charge in [-0.3, -0.25) is 9.97 Å². The van der Waals surface area contributed by atoms with Crippen molar-refractivity contribution in [3.63, 3.8) is 0 Å². The average Bonchev–Trinajstić information content (AvgIpc) is 3.12. The summed E-state index contributed by atoms with van der Waals surface area (Å²) in [4.78, 5) is 8.70. The van der Waals surface area contributed by atoms with Crippen LogP contribution in [0.3, 0.4) is 0 Å². The Kier molecular flexibility index (Phi) is 3.07. The number of methoxy groups -OCH3 is 1. The van der Waals surface area contributed by atoms with Crippen molar-refractivity contribution in [1.29, 1.82) is 0 Å². The van der Waals surface area contributed by atoms with Crippen molar-refractivity contribution >= 4 is 29.1 Å². The molecule has 0 saturated heterocycles. The predicted molar refractivity (Wildman–Crippen MR) is 69.7 cm³/mol. The molecule has 1 aliphatic carbocycles. The lowest BCUT2D eigenvalue weighted by molar-refractivity contribution is 0.413. The number of ether oxygens (including phenoxy) is 1. The standard InChI is InChI=1S/C12H13N3O.ClH/c1-16-8-4-10-12(15-5-8)11(7-2-3-7)9(13)6-14-10;/h4-7H,2-3,13H2,1H3;1H. The van der Waals surface area contributed by atoms with Gasteiger partial charge < -0.3 is 10.5 Å². The summed E-state index contributed by atoms with van der Waals surface area (Å²) in [5, 5.41) is 0. The van der Waals surface area contributed by atoms with Crippen molar-refractivity contribution in [3.8, 4) is 5.75 Å². The van der Waals surface area contributed by atoms with E-state index in [0.717, 1.165) is 28.0 Å². The second-order valence-electron chi connectivity index (χ2n) is 4.14. The molecular formula is C12H14ClN3O. The van der Waals surface area contributed by atoms with Crippen molar-refractivity contribution in [2.45, 2.75) is 18.8 Å². The van der Waals surface area contributed by atoms with Crippen molar-refractivity contribution in [3.05, 3.63) is 24.0 Å². The Morgan fingerprint density at radius 3 is 2.71 bits per heavy atom. The summed E-state index contributed by atoms with van der Waals surface area (Å²) in [5.41, 5.74) is 9.66. The molecule has 0 aromatic carbocycles. The molecule has 2 N–H and O–H groups in total. The van der Waals surface area contributed by atoms with E-state index in [1.54, 1.807) is 19.5 Å². The molecule has 0 radical (unpaired) electrons. The molecule has 0 unspecified atom stereocenters. The SMILES string of the molecule is COc1cnc2c(C3CC3)c(N)cnc2c1.Cl. The highest BCUT2D eigenvalue weighted by atomic mass is 35.5. The van der Waals surface area contributed by atoms with Gasteiger partial charge in [0.05, 0.1) is 36.2 Å². The summed E-state index contributed by atoms with van der Waals surface area (Å²) in [6.07, 6.45) is 5.85. The second-order valence-corrected chi connectivity index (χ2v) is 4.14. The van der Waals surface area contributed by atoms with Crippen LogP contribution in [0.4, 0.5) is 5.69 Å². The molecule has 0 atom stereocenters. The molecule has 1 aliphatic rings. The van der Waals surface area contributed by atoms with Gasteiger partial charge in [-0.2, -0.15) is 0 Å². The van der Waals surface area contributed by atoms with Crippen LogP contribution in [0.25, 0.3) is 11.0 Å². The fourth-order valence-electron chi connectivity index (χ4n) is 2.00. The summed E-state index contributed by atoms with van der Waals surface area (Å²) in [6.45, 7) is 0. The van der Waals surface area contributed by atoms with Crippen molar-refractivity contribution in [1.82, 2.24) is 9.97 Å². The normalized spacial score (nSPS) is 14.4. The molecule has 0 bridgehead atoms. The zero-order chi connectivity index (χ0) is 11.1. The van der Waals surface area contributed by atoms with Crippen LogP contribution in [-0.2, 0) is 0 Å². The van der Waals surface area contributed by atoms with Gasteiger partial charge in [0.25, 0.3) is 0 Å². The third kappa shape index (κ3) is 2.00. The van der Waals surface area contributed by atoms with Gasteiger partial charge in [0.2, 0.25) is 0 Å². The van der Waals surface area contributed by atoms with Crippen LogP contribution in [-0.4, -0.2) is 17.1 Å². The number of nitrogens with two attached hydrogens (primary N) is 1. The molecule has 3 rings (SSSR count). The Labute approximate surface area is 106 Å². The van der Waals surface area contributed by atoms with E-state index in [-0.39, 0.29) is 12.4 Å². The molecule has 1 saturated carbocycles. The first kappa shape index (κ1) is 11.9. The van der Waals surface area contributed by atoms with Crippen LogP contribution < -0.4 is 10.5 Å². The number of aromatic nitrogens is 2. The number of rotatable bonds is 2. The summed E-state index contributed by atoms with van der Waals surface area (Å²) in [6, 6.07) is 1.90. The predicted octanol–water partition coefficient (Wildman–Crippen LogP) is 2.52. The highest BCUT2D eigenvalue weighted by molar-refractivity contribution is 5.85. The fourth-order valence-corrected chi connectivity index (χ4v) is 2.00. The summed E-state index contributed by atoms with van der Waals surface area (Å²) in [7, 11) is 1.63. The van der Waals surface area contributed by atoms with Gasteiger partial charge in [0.1, 0.15) is 5.75 Å². The number of anilines is 1. The Bertz CT molecular complexity index is 555. The van der Waals surface area contributed by atoms with Crippen LogP contribution in [0.1, 0.15) is 24.3 Å². The average molecular weight is 252 g/mol. The first-order chi connectivity index (χ1) is 7.79. The highest BCUT2D eigenvalue weighted by Gasteiger charge is 2.28. The molecule has 2 aromatic heterocycles. The van der Waals surface area contributed by atoms with Gasteiger partial charge in [0, 0.05) is 11.6 Å². The molecule has 2 aromatic rings. The smallest absolute Gasteiger partial charge is 0.139 e. The van der Waals surface area contributed by atoms with E-state index >= 15 is 0 Å². The molecule has 17 heavy (non-hydrogen) atoms. The first-order valence-corrected chi connectivity index (χ1v) is 5.37. The van der Waals surface area contributed by atoms with Crippen LogP contribution >= 0.6 is 12.4 Å². The van der Waals surface area contributed by atoms with E-state index in [1.165, 1.54) is 12.8 Å². The van der Waals surface area contributed by atoms with Crippen molar-refractivity contribution in [2.75, 3.05) is 12.8 Å². The Hall–Kier alpha value is -1.55. The van der Waals surface area contributed by atoms with E-state index in [2.05, 4.69) is 9.97 Å². The number of hydrogen-bond acceptors (Lipinski definition) is 4. The number of halogens is 1. The summed E-state index contributed by atoms with van der Waals surface area (Å²) >= 11 is 0. The number of nitrogen functional groups attached to an aromatic ring is 1. The lowest BCUT2D eigenvalue weighted by Gasteiger charge is -2.08. The van der Waals surface area contributed by atoms with E-state index in [9.17, 15) is 0 Å². The molecule has 0 aliphatic heterocycles. The minimum atomic E-state index is 0. The van der Waals surface area contributed by atoms with E-state index in [4.69, 9.17) is 10.5 Å². The lowest BCUT2D eigenvalue weighted by Crippen LogP contribution is -1.98. The molecule has 0 spiro atoms. The van der Waals surface area contributed by atoms with Gasteiger partial charge in [0.15, 0.2) is 0 Å². The van der Waals surface area contributed by atoms with Crippen molar-refractivity contribution < 1.29 is 4.74 Å². The van der Waals surface area contributed by atoms with Gasteiger partial charge in [-0.15, -0.1) is 12.4 Å². The number of nitrogens with zero attached hydrogens (tertiary/aromatic N) is 2. The summed E-state index contributed by atoms with van der Waals surface area (Å²) in [5.74, 6) is 1.30. The first-order valence-electron chi connectivity index (χ1n) is 5.37. The zero-order valence-electron chi connectivity index (χ0n) is 9.51. The van der Waals surface area contributed by atoms with Crippen LogP contribution in [0.15, 0.2) is 18.5 Å². The number of pyridine rings is 2. The van der Waals surface area contributed by atoms with Crippen LogP contribution in [0.5, 0.6) is 5.75 Å². The Morgan fingerprint density at radius 2 is 2.06 bits per heavy atom. The molecule has 5 heteroatoms. The number of hydrogen-bond donors (Lipinski definition) is 1. The molecule has 0 amide bonds. The largest absolute Gasteiger partial charge is 0.495 e. The zero-order valence-corrected chi connectivity index (χ0v) is 10.3. The van der Waals surface area contributed by atoms with Crippen LogP contribution in [0.2, 0.25) is 0 Å². The topological polar surface area (TPSA) is 61.0 Å². The third-order valence-electron chi connectivity index (χ3n) is 2.97. The maximum absolute atomic E-state index is 5.96. The maximum Gasteiger partial charge on any atom is 0.139 e. The minimum absolute atomic E-state index is 0. The van der Waals surface area contributed by atoms with Crippen LogP contribution in [0, 0.1) is 0 Å². The van der Waals surface area contributed by atoms with Crippen molar-refractivity contribution in [2.24, 2.45) is 0 Å². The highest BCUT2D eigenvalue weighted by Crippen LogP contribution is 2.45. The molecule has 1 fully saturated rings. The van der Waals surface area contributed by atoms with Gasteiger partial charge in [-0.05, 0) is 18.8 Å².